The Hall–Kier alpha value is -3.78. The summed E-state index contributed by atoms with van der Waals surface area (Å²) in [6.45, 7) is 1.49. The van der Waals surface area contributed by atoms with Crippen molar-refractivity contribution in [3.63, 3.8) is 0 Å². The molecule has 0 unspecified atom stereocenters. The van der Waals surface area contributed by atoms with Gasteiger partial charge in [-0.15, -0.1) is 0 Å². The number of anilines is 2. The van der Waals surface area contributed by atoms with Crippen LogP contribution in [0.3, 0.4) is 0 Å². The summed E-state index contributed by atoms with van der Waals surface area (Å²) in [6.07, 6.45) is 2.50. The number of benzene rings is 2. The van der Waals surface area contributed by atoms with E-state index in [9.17, 15) is 9.59 Å². The molecule has 1 aliphatic rings. The lowest BCUT2D eigenvalue weighted by molar-refractivity contribution is 0.0783. The number of aromatic nitrogens is 2. The van der Waals surface area contributed by atoms with Crippen LogP contribution in [0, 0.1) is 0 Å². The molecule has 1 saturated heterocycles. The summed E-state index contributed by atoms with van der Waals surface area (Å²) < 4.78 is 0. The number of nitrogen functional groups attached to an aromatic ring is 1. The average molecular weight is 439 g/mol. The fourth-order valence-electron chi connectivity index (χ4n) is 3.73. The smallest absolute Gasteiger partial charge is 0.278 e. The second-order valence-electron chi connectivity index (χ2n) is 8.04. The summed E-state index contributed by atoms with van der Waals surface area (Å²) in [5.74, 6) is -0.356. The van der Waals surface area contributed by atoms with Gasteiger partial charge in [-0.05, 0) is 44.8 Å². The minimum Gasteiger partial charge on any atom is -0.382 e. The number of carbonyl (C=O) groups excluding carboxylic acids is 2. The van der Waals surface area contributed by atoms with Crippen LogP contribution < -0.4 is 11.1 Å². The molecule has 0 radical (unpaired) electrons. The molecule has 1 fully saturated rings. The highest BCUT2D eigenvalue weighted by Crippen LogP contribution is 2.22. The molecule has 172 valence electrons. The Balaban J connectivity index is 0.00000306. The molecule has 0 saturated carbocycles. The van der Waals surface area contributed by atoms with Gasteiger partial charge in [-0.3, -0.25) is 9.59 Å². The molecule has 2 aromatic carbocycles. The van der Waals surface area contributed by atoms with Crippen molar-refractivity contribution in [1.29, 1.82) is 0 Å². The van der Waals surface area contributed by atoms with Crippen LogP contribution in [0.2, 0.25) is 0 Å². The van der Waals surface area contributed by atoms with E-state index in [2.05, 4.69) is 20.2 Å². The number of amides is 2. The van der Waals surface area contributed by atoms with Crippen LogP contribution in [-0.4, -0.2) is 64.8 Å². The number of nitrogens with zero attached hydrogens (tertiary/aromatic N) is 4. The van der Waals surface area contributed by atoms with Gasteiger partial charge in [-0.1, -0.05) is 30.3 Å². The number of nitrogens with two attached hydrogens (primary N) is 1. The number of likely N-dealkylation sites (N-methyl/N-ethyl adjacent to an activating group) is 1. The van der Waals surface area contributed by atoms with Crippen LogP contribution in [0.5, 0.6) is 0 Å². The standard InChI is InChI=1S/C24H26N6O2.4H2/c1-29(2)19-12-13-30(15-19)24(32)17-10-8-16(9-11-17)20-14-26-22(25)21(28-20)23(31)27-18-6-4-3-5-7-18;;;;/h3-11,14,19H,12-13,15H2,1-2H3,(H2,25,26)(H,27,31);4*1H/t19-;;;;/m1..../s1. The predicted molar refractivity (Wildman–Crippen MR) is 133 cm³/mol. The lowest BCUT2D eigenvalue weighted by atomic mass is 10.1. The second-order valence-corrected chi connectivity index (χ2v) is 8.04. The first-order valence-corrected chi connectivity index (χ1v) is 10.5. The van der Waals surface area contributed by atoms with Crippen LogP contribution in [0.1, 0.15) is 33.0 Å². The monoisotopic (exact) mass is 438 g/mol. The molecule has 2 amide bonds. The van der Waals surface area contributed by atoms with Gasteiger partial charge in [0.2, 0.25) is 0 Å². The van der Waals surface area contributed by atoms with Gasteiger partial charge in [0.15, 0.2) is 11.5 Å². The average Bonchev–Trinajstić information content (AvgIpc) is 3.30. The molecule has 0 spiro atoms. The van der Waals surface area contributed by atoms with Crippen molar-refractivity contribution < 1.29 is 15.3 Å². The van der Waals surface area contributed by atoms with Crippen LogP contribution in [0.4, 0.5) is 11.5 Å². The van der Waals surface area contributed by atoms with E-state index < -0.39 is 5.91 Å². The second kappa shape index (κ2) is 9.15. The molecule has 0 bridgehead atoms. The number of nitrogens with one attached hydrogen (secondary N) is 1. The Morgan fingerprint density at radius 2 is 1.84 bits per heavy atom. The molecule has 32 heavy (non-hydrogen) atoms. The Kier molecular flexibility index (Phi) is 6.13. The third-order valence-corrected chi connectivity index (χ3v) is 5.66. The van der Waals surface area contributed by atoms with Gasteiger partial charge in [0, 0.05) is 41.7 Å². The van der Waals surface area contributed by atoms with Crippen LogP contribution in [0.25, 0.3) is 11.3 Å². The van der Waals surface area contributed by atoms with Crippen molar-refractivity contribution in [2.24, 2.45) is 0 Å². The topological polar surface area (TPSA) is 104 Å². The molecule has 1 aromatic heterocycles. The van der Waals surface area contributed by atoms with E-state index in [0.717, 1.165) is 25.1 Å². The van der Waals surface area contributed by atoms with E-state index in [1.54, 1.807) is 24.3 Å². The van der Waals surface area contributed by atoms with E-state index in [1.807, 2.05) is 49.3 Å². The van der Waals surface area contributed by atoms with Crippen molar-refractivity contribution in [3.05, 3.63) is 72.1 Å². The molecule has 1 atom stereocenters. The molecule has 3 aromatic rings. The summed E-state index contributed by atoms with van der Waals surface area (Å²) in [4.78, 5) is 38.1. The van der Waals surface area contributed by atoms with Gasteiger partial charge >= 0.3 is 0 Å². The molecule has 4 rings (SSSR count). The van der Waals surface area contributed by atoms with Crippen molar-refractivity contribution in [2.45, 2.75) is 12.5 Å². The molecule has 1 aliphatic heterocycles. The maximum atomic E-state index is 12.8. The number of rotatable bonds is 5. The molecule has 0 aliphatic carbocycles. The highest BCUT2D eigenvalue weighted by atomic mass is 16.2. The highest BCUT2D eigenvalue weighted by molar-refractivity contribution is 6.06. The third-order valence-electron chi connectivity index (χ3n) is 5.66. The van der Waals surface area contributed by atoms with E-state index in [4.69, 9.17) is 5.73 Å². The fourth-order valence-corrected chi connectivity index (χ4v) is 3.73. The van der Waals surface area contributed by atoms with Gasteiger partial charge < -0.3 is 20.9 Å². The van der Waals surface area contributed by atoms with Gasteiger partial charge in [0.25, 0.3) is 11.8 Å². The van der Waals surface area contributed by atoms with Crippen molar-refractivity contribution in [2.75, 3.05) is 38.2 Å². The summed E-state index contributed by atoms with van der Waals surface area (Å²) in [5.41, 5.74) is 8.47. The fraction of sp³-hybridized carbons (Fsp3) is 0.250. The molecule has 8 heteroatoms. The molecule has 8 nitrogen and oxygen atoms in total. The van der Waals surface area contributed by atoms with E-state index in [0.29, 0.717) is 23.0 Å². The zero-order valence-electron chi connectivity index (χ0n) is 18.2. The summed E-state index contributed by atoms with van der Waals surface area (Å²) in [5, 5.41) is 2.77. The number of para-hydroxylation sites is 1. The molecule has 3 N–H and O–H groups in total. The first-order valence-electron chi connectivity index (χ1n) is 10.5. The maximum Gasteiger partial charge on any atom is 0.278 e. The van der Waals surface area contributed by atoms with Gasteiger partial charge in [-0.2, -0.15) is 0 Å². The number of carbonyl (C=O) groups is 2. The Labute approximate surface area is 193 Å². The summed E-state index contributed by atoms with van der Waals surface area (Å²) in [7, 11) is 4.07. The lowest BCUT2D eigenvalue weighted by Crippen LogP contribution is -2.34. The Morgan fingerprint density at radius 1 is 1.12 bits per heavy atom. The van der Waals surface area contributed by atoms with Gasteiger partial charge in [0.1, 0.15) is 0 Å². The van der Waals surface area contributed by atoms with Crippen molar-refractivity contribution in [1.82, 2.24) is 19.8 Å². The first kappa shape index (κ1) is 21.5. The number of hydrogen-bond acceptors (Lipinski definition) is 6. The summed E-state index contributed by atoms with van der Waals surface area (Å²) in [6, 6.07) is 16.7. The maximum absolute atomic E-state index is 12.8. The largest absolute Gasteiger partial charge is 0.382 e. The lowest BCUT2D eigenvalue weighted by Gasteiger charge is -2.20. The van der Waals surface area contributed by atoms with Crippen molar-refractivity contribution in [3.8, 4) is 11.3 Å². The normalized spacial score (nSPS) is 15.7. The van der Waals surface area contributed by atoms with E-state index in [-0.39, 0.29) is 23.1 Å². The minimum absolute atomic E-state index is 0. The van der Waals surface area contributed by atoms with E-state index in [1.165, 1.54) is 6.20 Å². The predicted octanol–water partition coefficient (Wildman–Crippen LogP) is 3.74. The SMILES string of the molecule is CN(C)[C@@H]1CCN(C(=O)c2ccc(-c3cnc(N)c(C(=O)Nc4ccccc4)n3)cc2)C1.[HH].[HH].[HH].[HH]. The zero-order valence-corrected chi connectivity index (χ0v) is 18.2. The number of hydrogen-bond donors (Lipinski definition) is 2. The van der Waals surface area contributed by atoms with Gasteiger partial charge in [0.05, 0.1) is 11.9 Å². The molecular weight excluding hydrogens is 404 g/mol. The Morgan fingerprint density at radius 3 is 2.50 bits per heavy atom. The third kappa shape index (κ3) is 4.60. The molecular formula is C24H34N6O2. The van der Waals surface area contributed by atoms with Crippen LogP contribution >= 0.6 is 0 Å². The Bertz CT molecular complexity index is 1130. The van der Waals surface area contributed by atoms with Crippen LogP contribution in [0.15, 0.2) is 60.8 Å². The first-order chi connectivity index (χ1) is 15.4. The molecule has 2 heterocycles. The van der Waals surface area contributed by atoms with Gasteiger partial charge in [-0.25, -0.2) is 9.97 Å². The zero-order chi connectivity index (χ0) is 22.7. The minimum atomic E-state index is -0.431. The van der Waals surface area contributed by atoms with Crippen LogP contribution in [-0.2, 0) is 0 Å². The quantitative estimate of drug-likeness (QED) is 0.629. The van der Waals surface area contributed by atoms with Crippen molar-refractivity contribution >= 4 is 23.3 Å². The van der Waals surface area contributed by atoms with E-state index >= 15 is 0 Å². The summed E-state index contributed by atoms with van der Waals surface area (Å²) >= 11 is 0. The highest BCUT2D eigenvalue weighted by Gasteiger charge is 2.28. The number of likely N-dealkylation sites (tertiary alicyclic amines) is 1.